The van der Waals surface area contributed by atoms with E-state index in [2.05, 4.69) is 42.1 Å². The van der Waals surface area contributed by atoms with E-state index in [-0.39, 0.29) is 23.9 Å². The molecule has 0 radical (unpaired) electrons. The van der Waals surface area contributed by atoms with Crippen LogP contribution in [0.3, 0.4) is 0 Å². The topological polar surface area (TPSA) is 142 Å². The molecule has 0 amide bonds. The number of halogens is 2. The van der Waals surface area contributed by atoms with Crippen LogP contribution in [0.1, 0.15) is 44.4 Å². The molecule has 2 aromatic heterocycles. The van der Waals surface area contributed by atoms with Gasteiger partial charge in [0.05, 0.1) is 11.3 Å². The van der Waals surface area contributed by atoms with Crippen LogP contribution in [0.15, 0.2) is 21.3 Å². The highest BCUT2D eigenvalue weighted by Crippen LogP contribution is 2.28. The van der Waals surface area contributed by atoms with Gasteiger partial charge in [-0.2, -0.15) is 4.68 Å². The van der Waals surface area contributed by atoms with Gasteiger partial charge in [0.15, 0.2) is 10.7 Å². The molecule has 2 unspecified atom stereocenters. The number of H-pyrrole nitrogens is 1. The van der Waals surface area contributed by atoms with E-state index in [9.17, 15) is 20.2 Å². The molecule has 1 N–H and O–H groups in total. The van der Waals surface area contributed by atoms with E-state index in [0.717, 1.165) is 38.7 Å². The Hall–Kier alpha value is -1.90. The summed E-state index contributed by atoms with van der Waals surface area (Å²) in [6.45, 7) is 2.08. The van der Waals surface area contributed by atoms with Crippen LogP contribution in [0.2, 0.25) is 0 Å². The molecule has 0 aliphatic carbocycles. The molecular formula is C16H21Br2N6O6+. The van der Waals surface area contributed by atoms with Gasteiger partial charge in [-0.15, -0.1) is 0 Å². The Bertz CT molecular complexity index is 819. The SMILES string of the molecule is O=[N+]([O-])c1[nH][n+](C2CCCOC2)cc1Br.O=[N+]([O-])c1nn(C2CCCCO2)cc1Br. The number of hydrogen-bond donors (Lipinski definition) is 1. The van der Waals surface area contributed by atoms with Gasteiger partial charge in [0.25, 0.3) is 0 Å². The number of ether oxygens (including phenoxy) is 2. The molecule has 0 spiro atoms. The normalized spacial score (nSPS) is 21.5. The van der Waals surface area contributed by atoms with Crippen molar-refractivity contribution in [3.63, 3.8) is 0 Å². The van der Waals surface area contributed by atoms with E-state index < -0.39 is 9.85 Å². The monoisotopic (exact) mass is 551 g/mol. The molecule has 2 atom stereocenters. The van der Waals surface area contributed by atoms with Crippen molar-refractivity contribution in [3.8, 4) is 0 Å². The maximum Gasteiger partial charge on any atom is 0.404 e. The van der Waals surface area contributed by atoms with Crippen molar-refractivity contribution in [3.05, 3.63) is 41.6 Å². The van der Waals surface area contributed by atoms with Gasteiger partial charge in [0.2, 0.25) is 12.2 Å². The lowest BCUT2D eigenvalue weighted by Gasteiger charge is -2.20. The van der Waals surface area contributed by atoms with Crippen LogP contribution in [0, 0.1) is 20.2 Å². The average Bonchev–Trinajstić information content (AvgIpc) is 3.33. The molecule has 14 heteroatoms. The second kappa shape index (κ2) is 10.4. The van der Waals surface area contributed by atoms with Crippen LogP contribution in [-0.2, 0) is 9.47 Å². The van der Waals surface area contributed by atoms with Gasteiger partial charge >= 0.3 is 11.6 Å². The Kier molecular flexibility index (Phi) is 7.91. The van der Waals surface area contributed by atoms with E-state index >= 15 is 0 Å². The minimum atomic E-state index is -0.511. The third-order valence-corrected chi connectivity index (χ3v) is 5.86. The Morgan fingerprint density at radius 2 is 1.93 bits per heavy atom. The van der Waals surface area contributed by atoms with Gasteiger partial charge in [-0.05, 0) is 77.2 Å². The fraction of sp³-hybridized carbons (Fsp3) is 0.625. The summed E-state index contributed by atoms with van der Waals surface area (Å²) in [5.74, 6) is -0.176. The third-order valence-electron chi connectivity index (χ3n) is 4.72. The Morgan fingerprint density at radius 1 is 1.13 bits per heavy atom. The van der Waals surface area contributed by atoms with Gasteiger partial charge in [0.1, 0.15) is 11.1 Å². The molecule has 2 aliphatic heterocycles. The average molecular weight is 553 g/mol. The minimum Gasteiger partial charge on any atom is -0.374 e. The van der Waals surface area contributed by atoms with Crippen molar-refractivity contribution >= 4 is 43.5 Å². The quantitative estimate of drug-likeness (QED) is 0.347. The summed E-state index contributed by atoms with van der Waals surface area (Å²) >= 11 is 6.25. The molecule has 0 bridgehead atoms. The molecule has 4 heterocycles. The molecule has 164 valence electrons. The molecule has 2 aromatic rings. The zero-order valence-electron chi connectivity index (χ0n) is 15.9. The molecule has 0 saturated carbocycles. The first-order chi connectivity index (χ1) is 14.4. The Balaban J connectivity index is 0.000000171. The minimum absolute atomic E-state index is 0.0134. The van der Waals surface area contributed by atoms with Gasteiger partial charge in [-0.3, -0.25) is 0 Å². The number of rotatable bonds is 4. The number of nitrogens with one attached hydrogen (secondary N) is 1. The maximum atomic E-state index is 10.6. The summed E-state index contributed by atoms with van der Waals surface area (Å²) < 4.78 is 14.9. The van der Waals surface area contributed by atoms with Crippen LogP contribution >= 0.6 is 31.9 Å². The molecule has 2 fully saturated rings. The fourth-order valence-corrected chi connectivity index (χ4v) is 4.11. The second-order valence-corrected chi connectivity index (χ2v) is 8.54. The second-order valence-electron chi connectivity index (χ2n) is 6.83. The van der Waals surface area contributed by atoms with Crippen molar-refractivity contribution in [1.82, 2.24) is 14.9 Å². The standard InChI is InChI=1S/2C8H10BrN3O3/c9-7-4-11(10-8(7)12(13)14)6-2-1-3-15-5-6;9-6-5-11(10-8(6)12(13)14)7-3-1-2-4-15-7/h4,6H,1-3,5H2;5,7H,1-4H2/p+1. The largest absolute Gasteiger partial charge is 0.404 e. The zero-order valence-corrected chi connectivity index (χ0v) is 19.1. The first kappa shape index (κ1) is 22.8. The van der Waals surface area contributed by atoms with E-state index in [1.54, 1.807) is 17.1 Å². The van der Waals surface area contributed by atoms with E-state index in [4.69, 9.17) is 9.47 Å². The Morgan fingerprint density at radius 3 is 2.47 bits per heavy atom. The third kappa shape index (κ3) is 5.62. The van der Waals surface area contributed by atoms with Gasteiger partial charge in [0, 0.05) is 19.6 Å². The number of nitro groups is 2. The number of aromatic amines is 1. The van der Waals surface area contributed by atoms with Crippen LogP contribution in [0.4, 0.5) is 11.6 Å². The van der Waals surface area contributed by atoms with Crippen molar-refractivity contribution in [2.24, 2.45) is 0 Å². The summed E-state index contributed by atoms with van der Waals surface area (Å²) in [5, 5.41) is 27.8. The highest BCUT2D eigenvalue weighted by molar-refractivity contribution is 9.11. The highest BCUT2D eigenvalue weighted by atomic mass is 79.9. The predicted octanol–water partition coefficient (Wildman–Crippen LogP) is 3.58. The number of hydrogen-bond acceptors (Lipinski definition) is 7. The summed E-state index contributed by atoms with van der Waals surface area (Å²) in [7, 11) is 0. The summed E-state index contributed by atoms with van der Waals surface area (Å²) in [5.41, 5.74) is 0. The zero-order chi connectivity index (χ0) is 21.7. The molecular weight excluding hydrogens is 532 g/mol. The fourth-order valence-electron chi connectivity index (χ4n) is 3.22. The van der Waals surface area contributed by atoms with Crippen LogP contribution < -0.4 is 4.68 Å². The predicted molar refractivity (Wildman–Crippen MR) is 110 cm³/mol. The van der Waals surface area contributed by atoms with Crippen molar-refractivity contribution in [1.29, 1.82) is 0 Å². The first-order valence-electron chi connectivity index (χ1n) is 9.39. The molecule has 12 nitrogen and oxygen atoms in total. The van der Waals surface area contributed by atoms with Gasteiger partial charge < -0.3 is 29.7 Å². The molecule has 30 heavy (non-hydrogen) atoms. The van der Waals surface area contributed by atoms with Crippen molar-refractivity contribution in [2.45, 2.75) is 44.4 Å². The van der Waals surface area contributed by atoms with Crippen LogP contribution in [-0.4, -0.2) is 44.5 Å². The first-order valence-corrected chi connectivity index (χ1v) is 11.0. The smallest absolute Gasteiger partial charge is 0.374 e. The van der Waals surface area contributed by atoms with E-state index in [0.29, 0.717) is 22.2 Å². The van der Waals surface area contributed by atoms with Gasteiger partial charge in [-0.1, -0.05) is 0 Å². The maximum absolute atomic E-state index is 10.6. The van der Waals surface area contributed by atoms with Crippen LogP contribution in [0.5, 0.6) is 0 Å². The lowest BCUT2D eigenvalue weighted by atomic mass is 10.1. The molecule has 2 saturated heterocycles. The lowest BCUT2D eigenvalue weighted by Crippen LogP contribution is -2.45. The highest BCUT2D eigenvalue weighted by Gasteiger charge is 2.31. The molecule has 2 aliphatic rings. The van der Waals surface area contributed by atoms with Crippen molar-refractivity contribution in [2.75, 3.05) is 19.8 Å². The van der Waals surface area contributed by atoms with Crippen LogP contribution in [0.25, 0.3) is 0 Å². The summed E-state index contributed by atoms with van der Waals surface area (Å²) in [4.78, 5) is 20.2. The Labute approximate surface area is 188 Å². The van der Waals surface area contributed by atoms with E-state index in [1.807, 2.05) is 0 Å². The number of nitrogens with zero attached hydrogens (tertiary/aromatic N) is 5. The van der Waals surface area contributed by atoms with Crippen molar-refractivity contribution < 1.29 is 24.0 Å². The summed E-state index contributed by atoms with van der Waals surface area (Å²) in [6, 6.07) is 0.170. The molecule has 4 rings (SSSR count). The summed E-state index contributed by atoms with van der Waals surface area (Å²) in [6.07, 6.45) is 8.05. The molecule has 0 aromatic carbocycles. The lowest BCUT2D eigenvalue weighted by molar-refractivity contribution is -0.779. The number of aromatic nitrogens is 4. The van der Waals surface area contributed by atoms with E-state index in [1.165, 1.54) is 4.68 Å². The van der Waals surface area contributed by atoms with Gasteiger partial charge in [-0.25, -0.2) is 0 Å².